The van der Waals surface area contributed by atoms with E-state index in [-0.39, 0.29) is 6.04 Å². The number of aryl methyl sites for hydroxylation is 1. The van der Waals surface area contributed by atoms with Gasteiger partial charge in [-0.3, -0.25) is 14.9 Å². The molecular weight excluding hydrogens is 394 g/mol. The predicted molar refractivity (Wildman–Crippen MR) is 112 cm³/mol. The Morgan fingerprint density at radius 3 is 2.50 bits per heavy atom. The molecule has 0 radical (unpaired) electrons. The van der Waals surface area contributed by atoms with Gasteiger partial charge in [0.25, 0.3) is 0 Å². The zero-order chi connectivity index (χ0) is 19.7. The van der Waals surface area contributed by atoms with E-state index in [1.807, 2.05) is 4.68 Å². The molecule has 28 heavy (non-hydrogen) atoms. The van der Waals surface area contributed by atoms with E-state index >= 15 is 0 Å². The van der Waals surface area contributed by atoms with Gasteiger partial charge in [0.15, 0.2) is 15.7 Å². The van der Waals surface area contributed by atoms with Crippen molar-refractivity contribution in [2.45, 2.75) is 32.5 Å². The van der Waals surface area contributed by atoms with Crippen molar-refractivity contribution in [1.82, 2.24) is 24.6 Å². The van der Waals surface area contributed by atoms with E-state index in [4.69, 9.17) is 12.2 Å². The Bertz CT molecular complexity index is 972. The fourth-order valence-electron chi connectivity index (χ4n) is 4.01. The summed E-state index contributed by atoms with van der Waals surface area (Å²) in [6, 6.07) is 8.58. The van der Waals surface area contributed by atoms with Crippen molar-refractivity contribution in [3.05, 3.63) is 34.6 Å². The largest absolute Gasteiger partial charge is 0.297 e. The first kappa shape index (κ1) is 19.8. The second-order valence-electron chi connectivity index (χ2n) is 7.69. The van der Waals surface area contributed by atoms with E-state index in [0.717, 1.165) is 50.4 Å². The Balaban J connectivity index is 1.36. The Morgan fingerprint density at radius 2 is 1.89 bits per heavy atom. The van der Waals surface area contributed by atoms with Crippen LogP contribution in [0.25, 0.3) is 11.4 Å². The molecule has 1 aromatic heterocycles. The second kappa shape index (κ2) is 8.06. The monoisotopic (exact) mass is 421 g/mol. The molecule has 3 heterocycles. The first-order chi connectivity index (χ1) is 13.4. The third kappa shape index (κ3) is 4.37. The molecule has 0 bridgehead atoms. The third-order valence-corrected chi connectivity index (χ3v) is 7.85. The normalized spacial score (nSPS) is 23.2. The number of sulfone groups is 1. The first-order valence-electron chi connectivity index (χ1n) is 9.86. The van der Waals surface area contributed by atoms with Crippen LogP contribution >= 0.6 is 12.2 Å². The van der Waals surface area contributed by atoms with Gasteiger partial charge >= 0.3 is 0 Å². The van der Waals surface area contributed by atoms with E-state index in [2.05, 4.69) is 51.1 Å². The van der Waals surface area contributed by atoms with E-state index in [9.17, 15) is 8.42 Å². The fourth-order valence-corrected chi connectivity index (χ4v) is 5.97. The molecule has 1 N–H and O–H groups in total. The van der Waals surface area contributed by atoms with E-state index < -0.39 is 9.84 Å². The Labute approximate surface area is 171 Å². The lowest BCUT2D eigenvalue weighted by Gasteiger charge is -2.37. The molecule has 0 aliphatic carbocycles. The van der Waals surface area contributed by atoms with E-state index in [0.29, 0.717) is 22.9 Å². The molecule has 152 valence electrons. The highest BCUT2D eigenvalue weighted by molar-refractivity contribution is 7.91. The molecule has 4 rings (SSSR count). The summed E-state index contributed by atoms with van der Waals surface area (Å²) in [5.74, 6) is 1.45. The van der Waals surface area contributed by atoms with Crippen LogP contribution in [0.2, 0.25) is 0 Å². The van der Waals surface area contributed by atoms with Crippen molar-refractivity contribution in [3.8, 4) is 11.4 Å². The number of nitrogens with one attached hydrogen (secondary N) is 1. The van der Waals surface area contributed by atoms with Crippen LogP contribution in [0.1, 0.15) is 18.9 Å². The first-order valence-corrected chi connectivity index (χ1v) is 12.1. The number of piperazine rings is 1. The zero-order valence-corrected chi connectivity index (χ0v) is 17.8. The van der Waals surface area contributed by atoms with Gasteiger partial charge < -0.3 is 0 Å². The number of aromatic amines is 1. The number of nitrogens with zero attached hydrogens (tertiary/aromatic N) is 4. The van der Waals surface area contributed by atoms with Crippen LogP contribution in [0.15, 0.2) is 24.3 Å². The SMILES string of the molecule is CCc1ccc(-c2nc(=S)n(CN3CCN([C@H]4CCS(=O)(=O)C4)CC3)[nH]2)cc1. The molecule has 1 aromatic carbocycles. The summed E-state index contributed by atoms with van der Waals surface area (Å²) < 4.78 is 25.9. The van der Waals surface area contributed by atoms with E-state index in [1.54, 1.807) is 0 Å². The standard InChI is InChI=1S/C19H27N5O2S2/c1-2-15-3-5-16(6-4-15)18-20-19(27)24(21-18)14-22-8-10-23(11-9-22)17-7-12-28(25,26)13-17/h3-6,17H,2,7-14H2,1H3,(H,20,21,27)/t17-/m0/s1. The fraction of sp³-hybridized carbons (Fsp3) is 0.579. The van der Waals surface area contributed by atoms with Crippen LogP contribution in [0, 0.1) is 4.77 Å². The Kier molecular flexibility index (Phi) is 5.69. The average Bonchev–Trinajstić information content (AvgIpc) is 3.24. The highest BCUT2D eigenvalue weighted by Crippen LogP contribution is 2.20. The molecule has 0 amide bonds. The molecule has 2 fully saturated rings. The molecule has 0 spiro atoms. The van der Waals surface area contributed by atoms with Gasteiger partial charge in [-0.15, -0.1) is 0 Å². The van der Waals surface area contributed by atoms with Crippen molar-refractivity contribution < 1.29 is 8.42 Å². The predicted octanol–water partition coefficient (Wildman–Crippen LogP) is 1.93. The molecule has 2 aliphatic heterocycles. The minimum Gasteiger partial charge on any atom is -0.297 e. The third-order valence-electron chi connectivity index (χ3n) is 5.79. The van der Waals surface area contributed by atoms with Crippen LogP contribution < -0.4 is 0 Å². The summed E-state index contributed by atoms with van der Waals surface area (Å²) in [6.07, 6.45) is 1.79. The lowest BCUT2D eigenvalue weighted by molar-refractivity contribution is 0.0809. The highest BCUT2D eigenvalue weighted by atomic mass is 32.2. The topological polar surface area (TPSA) is 74.2 Å². The molecule has 0 saturated carbocycles. The lowest BCUT2D eigenvalue weighted by Crippen LogP contribution is -2.50. The van der Waals surface area contributed by atoms with Gasteiger partial charge in [0.1, 0.15) is 0 Å². The number of H-pyrrole nitrogens is 1. The Morgan fingerprint density at radius 1 is 1.18 bits per heavy atom. The number of hydrogen-bond acceptors (Lipinski definition) is 6. The molecule has 7 nitrogen and oxygen atoms in total. The van der Waals surface area contributed by atoms with Gasteiger partial charge in [0, 0.05) is 37.8 Å². The summed E-state index contributed by atoms with van der Waals surface area (Å²) in [6.45, 7) is 6.41. The van der Waals surface area contributed by atoms with Crippen molar-refractivity contribution in [1.29, 1.82) is 0 Å². The maximum atomic E-state index is 11.7. The van der Waals surface area contributed by atoms with E-state index in [1.165, 1.54) is 5.56 Å². The van der Waals surface area contributed by atoms with Crippen LogP contribution in [-0.4, -0.2) is 76.7 Å². The zero-order valence-electron chi connectivity index (χ0n) is 16.2. The minimum atomic E-state index is -2.83. The number of rotatable bonds is 5. The molecule has 2 aromatic rings. The lowest BCUT2D eigenvalue weighted by atomic mass is 10.1. The van der Waals surface area contributed by atoms with Crippen molar-refractivity contribution in [2.75, 3.05) is 37.7 Å². The van der Waals surface area contributed by atoms with Crippen LogP contribution in [-0.2, 0) is 22.9 Å². The molecule has 2 aliphatic rings. The van der Waals surface area contributed by atoms with Crippen molar-refractivity contribution in [2.24, 2.45) is 0 Å². The van der Waals surface area contributed by atoms with Crippen LogP contribution in [0.4, 0.5) is 0 Å². The van der Waals surface area contributed by atoms with Gasteiger partial charge in [0.2, 0.25) is 4.77 Å². The van der Waals surface area contributed by atoms with Gasteiger partial charge in [-0.1, -0.05) is 31.2 Å². The van der Waals surface area contributed by atoms with Gasteiger partial charge in [0.05, 0.1) is 18.2 Å². The summed E-state index contributed by atoms with van der Waals surface area (Å²) in [7, 11) is -2.83. The highest BCUT2D eigenvalue weighted by Gasteiger charge is 2.33. The molecule has 0 unspecified atom stereocenters. The van der Waals surface area contributed by atoms with Gasteiger partial charge in [-0.25, -0.2) is 13.1 Å². The summed E-state index contributed by atoms with van der Waals surface area (Å²) in [4.78, 5) is 9.17. The second-order valence-corrected chi connectivity index (χ2v) is 10.3. The summed E-state index contributed by atoms with van der Waals surface area (Å²) in [5, 5.41) is 3.33. The van der Waals surface area contributed by atoms with Gasteiger partial charge in [-0.05, 0) is 30.6 Å². The van der Waals surface area contributed by atoms with Crippen molar-refractivity contribution >= 4 is 22.1 Å². The minimum absolute atomic E-state index is 0.194. The molecule has 2 saturated heterocycles. The Hall–Kier alpha value is -1.55. The number of aromatic nitrogens is 3. The van der Waals surface area contributed by atoms with Crippen LogP contribution in [0.3, 0.4) is 0 Å². The number of hydrogen-bond donors (Lipinski definition) is 1. The van der Waals surface area contributed by atoms with Gasteiger partial charge in [-0.2, -0.15) is 4.98 Å². The summed E-state index contributed by atoms with van der Waals surface area (Å²) >= 11 is 5.44. The average molecular weight is 422 g/mol. The molecular formula is C19H27N5O2S2. The van der Waals surface area contributed by atoms with Crippen molar-refractivity contribution in [3.63, 3.8) is 0 Å². The maximum absolute atomic E-state index is 11.7. The smallest absolute Gasteiger partial charge is 0.217 e. The molecule has 1 atom stereocenters. The molecule has 9 heteroatoms. The summed E-state index contributed by atoms with van der Waals surface area (Å²) in [5.41, 5.74) is 2.34. The maximum Gasteiger partial charge on any atom is 0.217 e. The number of benzene rings is 1. The quantitative estimate of drug-likeness (QED) is 0.744. The van der Waals surface area contributed by atoms with Crippen LogP contribution in [0.5, 0.6) is 0 Å².